The number of hydrogen-bond donors (Lipinski definition) is 2. The van der Waals surface area contributed by atoms with E-state index in [1.54, 1.807) is 6.07 Å². The van der Waals surface area contributed by atoms with Gasteiger partial charge in [0.05, 0.1) is 17.9 Å². The van der Waals surface area contributed by atoms with Gasteiger partial charge in [0.15, 0.2) is 0 Å². The molecule has 0 aliphatic heterocycles. The monoisotopic (exact) mass is 274 g/mol. The maximum absolute atomic E-state index is 13.0. The zero-order valence-electron chi connectivity index (χ0n) is 11.5. The van der Waals surface area contributed by atoms with Crippen LogP contribution in [0.5, 0.6) is 0 Å². The average Bonchev–Trinajstić information content (AvgIpc) is 2.47. The third-order valence-electron chi connectivity index (χ3n) is 3.19. The summed E-state index contributed by atoms with van der Waals surface area (Å²) in [6, 6.07) is 13.0. The van der Waals surface area contributed by atoms with Crippen LogP contribution in [-0.2, 0) is 0 Å². The first-order valence-electron chi connectivity index (χ1n) is 6.74. The fourth-order valence-corrected chi connectivity index (χ4v) is 2.12. The van der Waals surface area contributed by atoms with E-state index >= 15 is 0 Å². The van der Waals surface area contributed by atoms with E-state index in [9.17, 15) is 4.39 Å². The molecule has 0 amide bonds. The minimum Gasteiger partial charge on any atom is -0.396 e. The van der Waals surface area contributed by atoms with Crippen molar-refractivity contribution in [1.29, 1.82) is 0 Å². The van der Waals surface area contributed by atoms with E-state index in [0.29, 0.717) is 6.42 Å². The van der Waals surface area contributed by atoms with Crippen molar-refractivity contribution in [2.24, 2.45) is 0 Å². The maximum Gasteiger partial charge on any atom is 0.141 e. The Kier molecular flexibility index (Phi) is 5.21. The van der Waals surface area contributed by atoms with Crippen LogP contribution in [0, 0.1) is 5.82 Å². The van der Waals surface area contributed by atoms with E-state index in [0.717, 1.165) is 11.3 Å². The van der Waals surface area contributed by atoms with Gasteiger partial charge in [0.25, 0.3) is 0 Å². The zero-order valence-corrected chi connectivity index (χ0v) is 11.5. The lowest BCUT2D eigenvalue weighted by molar-refractivity contribution is 0.265. The summed E-state index contributed by atoms with van der Waals surface area (Å²) in [6.45, 7) is 2.14. The molecular formula is C16H19FN2O. The molecule has 0 aliphatic carbocycles. The molecule has 106 valence electrons. The molecule has 0 saturated carbocycles. The first kappa shape index (κ1) is 14.6. The van der Waals surface area contributed by atoms with Crippen molar-refractivity contribution in [3.05, 3.63) is 65.7 Å². The predicted octanol–water partition coefficient (Wildman–Crippen LogP) is 2.67. The van der Waals surface area contributed by atoms with Crippen molar-refractivity contribution in [3.8, 4) is 0 Å². The largest absolute Gasteiger partial charge is 0.396 e. The van der Waals surface area contributed by atoms with E-state index in [1.807, 2.05) is 37.3 Å². The summed E-state index contributed by atoms with van der Waals surface area (Å²) >= 11 is 0. The van der Waals surface area contributed by atoms with Crippen LogP contribution >= 0.6 is 0 Å². The van der Waals surface area contributed by atoms with E-state index in [4.69, 9.17) is 5.11 Å². The summed E-state index contributed by atoms with van der Waals surface area (Å²) in [5.41, 5.74) is 1.83. The van der Waals surface area contributed by atoms with Gasteiger partial charge in [0.1, 0.15) is 5.82 Å². The number of aromatic nitrogens is 1. The van der Waals surface area contributed by atoms with E-state index in [-0.39, 0.29) is 24.5 Å². The first-order chi connectivity index (χ1) is 9.70. The summed E-state index contributed by atoms with van der Waals surface area (Å²) < 4.78 is 13.0. The molecule has 2 N–H and O–H groups in total. The van der Waals surface area contributed by atoms with E-state index < -0.39 is 0 Å². The number of benzene rings is 1. The average molecular weight is 274 g/mol. The highest BCUT2D eigenvalue weighted by atomic mass is 19.1. The van der Waals surface area contributed by atoms with Crippen LogP contribution < -0.4 is 5.32 Å². The summed E-state index contributed by atoms with van der Waals surface area (Å²) in [4.78, 5) is 4.17. The van der Waals surface area contributed by atoms with Gasteiger partial charge in [-0.15, -0.1) is 0 Å². The molecule has 1 unspecified atom stereocenters. The molecule has 1 heterocycles. The lowest BCUT2D eigenvalue weighted by atomic mass is 10.0. The Morgan fingerprint density at radius 3 is 2.55 bits per heavy atom. The van der Waals surface area contributed by atoms with Gasteiger partial charge in [0.2, 0.25) is 0 Å². The molecule has 0 saturated heterocycles. The molecule has 0 fully saturated rings. The highest BCUT2D eigenvalue weighted by Crippen LogP contribution is 2.21. The molecule has 1 aromatic carbocycles. The number of pyridine rings is 1. The number of nitrogens with zero attached hydrogens (tertiary/aromatic N) is 1. The van der Waals surface area contributed by atoms with Gasteiger partial charge in [-0.05, 0) is 31.0 Å². The molecule has 2 rings (SSSR count). The van der Waals surface area contributed by atoms with Crippen LogP contribution in [0.4, 0.5) is 4.39 Å². The molecule has 4 heteroatoms. The second-order valence-electron chi connectivity index (χ2n) is 4.82. The lowest BCUT2D eigenvalue weighted by Gasteiger charge is -2.23. The topological polar surface area (TPSA) is 45.1 Å². The van der Waals surface area contributed by atoms with E-state index in [1.165, 1.54) is 12.3 Å². The van der Waals surface area contributed by atoms with Gasteiger partial charge in [0, 0.05) is 12.6 Å². The Morgan fingerprint density at radius 1 is 1.20 bits per heavy atom. The number of hydrogen-bond acceptors (Lipinski definition) is 3. The van der Waals surface area contributed by atoms with Crippen LogP contribution in [0.25, 0.3) is 0 Å². The SMILES string of the molecule is C[C@H](CCO)NC(c1ccccc1)c1ccc(F)cn1. The van der Waals surface area contributed by atoms with Gasteiger partial charge in [-0.1, -0.05) is 30.3 Å². The number of rotatable bonds is 6. The first-order valence-corrected chi connectivity index (χ1v) is 6.74. The minimum absolute atomic E-state index is 0.113. The molecule has 3 nitrogen and oxygen atoms in total. The second-order valence-corrected chi connectivity index (χ2v) is 4.82. The minimum atomic E-state index is -0.344. The van der Waals surface area contributed by atoms with Gasteiger partial charge in [-0.3, -0.25) is 4.98 Å². The third kappa shape index (κ3) is 3.85. The van der Waals surface area contributed by atoms with Crippen molar-refractivity contribution in [1.82, 2.24) is 10.3 Å². The quantitative estimate of drug-likeness (QED) is 0.851. The summed E-state index contributed by atoms with van der Waals surface area (Å²) in [5, 5.41) is 12.4. The molecule has 1 aromatic heterocycles. The number of aliphatic hydroxyl groups excluding tert-OH is 1. The third-order valence-corrected chi connectivity index (χ3v) is 3.19. The Hall–Kier alpha value is -1.78. The van der Waals surface area contributed by atoms with Gasteiger partial charge in [-0.2, -0.15) is 0 Å². The predicted molar refractivity (Wildman–Crippen MR) is 76.8 cm³/mol. The fraction of sp³-hybridized carbons (Fsp3) is 0.312. The highest BCUT2D eigenvalue weighted by molar-refractivity contribution is 5.27. The molecule has 0 spiro atoms. The Labute approximate surface area is 118 Å². The number of halogens is 1. The van der Waals surface area contributed by atoms with Gasteiger partial charge < -0.3 is 10.4 Å². The van der Waals surface area contributed by atoms with Crippen LogP contribution in [0.1, 0.15) is 30.6 Å². The molecule has 0 aliphatic rings. The zero-order chi connectivity index (χ0) is 14.4. The van der Waals surface area contributed by atoms with Crippen LogP contribution in [-0.4, -0.2) is 22.7 Å². The second kappa shape index (κ2) is 7.12. The summed E-state index contributed by atoms with van der Waals surface area (Å²) in [5.74, 6) is -0.344. The Bertz CT molecular complexity index is 516. The lowest BCUT2D eigenvalue weighted by Crippen LogP contribution is -2.32. The normalized spacial score (nSPS) is 13.9. The molecule has 0 bridgehead atoms. The summed E-state index contributed by atoms with van der Waals surface area (Å²) in [6.07, 6.45) is 1.88. The van der Waals surface area contributed by atoms with Crippen molar-refractivity contribution in [3.63, 3.8) is 0 Å². The van der Waals surface area contributed by atoms with Crippen molar-refractivity contribution in [2.75, 3.05) is 6.61 Å². The van der Waals surface area contributed by atoms with Crippen LogP contribution in [0.2, 0.25) is 0 Å². The molecule has 2 aromatic rings. The van der Waals surface area contributed by atoms with E-state index in [2.05, 4.69) is 10.3 Å². The Morgan fingerprint density at radius 2 is 1.95 bits per heavy atom. The molecule has 2 atom stereocenters. The standard InChI is InChI=1S/C16H19FN2O/c1-12(9-10-20)19-16(13-5-3-2-4-6-13)15-8-7-14(17)11-18-15/h2-8,11-12,16,19-20H,9-10H2,1H3/t12-,16?/m1/s1. The Balaban J connectivity index is 2.26. The smallest absolute Gasteiger partial charge is 0.141 e. The van der Waals surface area contributed by atoms with Crippen LogP contribution in [0.15, 0.2) is 48.7 Å². The van der Waals surface area contributed by atoms with Crippen molar-refractivity contribution >= 4 is 0 Å². The van der Waals surface area contributed by atoms with Gasteiger partial charge >= 0.3 is 0 Å². The van der Waals surface area contributed by atoms with Crippen LogP contribution in [0.3, 0.4) is 0 Å². The summed E-state index contributed by atoms with van der Waals surface area (Å²) in [7, 11) is 0. The fourth-order valence-electron chi connectivity index (χ4n) is 2.12. The maximum atomic E-state index is 13.0. The molecule has 0 radical (unpaired) electrons. The number of nitrogens with one attached hydrogen (secondary N) is 1. The highest BCUT2D eigenvalue weighted by Gasteiger charge is 2.17. The van der Waals surface area contributed by atoms with Crippen molar-refractivity contribution in [2.45, 2.75) is 25.4 Å². The number of aliphatic hydroxyl groups is 1. The molecule has 20 heavy (non-hydrogen) atoms. The van der Waals surface area contributed by atoms with Gasteiger partial charge in [-0.25, -0.2) is 4.39 Å². The van der Waals surface area contributed by atoms with Crippen molar-refractivity contribution < 1.29 is 9.50 Å². The molecular weight excluding hydrogens is 255 g/mol.